The van der Waals surface area contributed by atoms with Crippen molar-refractivity contribution in [1.29, 1.82) is 0 Å². The van der Waals surface area contributed by atoms with Crippen molar-refractivity contribution in [2.45, 2.75) is 38.4 Å². The molecule has 7 heteroatoms. The van der Waals surface area contributed by atoms with E-state index in [0.717, 1.165) is 29.7 Å². The molecule has 0 aromatic heterocycles. The third kappa shape index (κ3) is 5.44. The predicted molar refractivity (Wildman–Crippen MR) is 136 cm³/mol. The normalized spacial score (nSPS) is 16.3. The number of halogens is 2. The van der Waals surface area contributed by atoms with Gasteiger partial charge in [0.1, 0.15) is 5.82 Å². The Morgan fingerprint density at radius 3 is 2.46 bits per heavy atom. The maximum atomic E-state index is 13.5. The fraction of sp³-hybridized carbons (Fsp3) is 0.321. The number of carbonyl (C=O) groups excluding carboxylic acids is 1. The zero-order valence-electron chi connectivity index (χ0n) is 20.2. The molecule has 1 amide bonds. The highest BCUT2D eigenvalue weighted by Crippen LogP contribution is 2.40. The number of methoxy groups -OCH3 is 2. The molecule has 0 radical (unpaired) electrons. The molecule has 184 valence electrons. The highest BCUT2D eigenvalue weighted by molar-refractivity contribution is 6.33. The van der Waals surface area contributed by atoms with Crippen LogP contribution in [0.5, 0.6) is 11.5 Å². The van der Waals surface area contributed by atoms with Crippen LogP contribution >= 0.6 is 11.6 Å². The Morgan fingerprint density at radius 2 is 1.80 bits per heavy atom. The van der Waals surface area contributed by atoms with E-state index in [1.807, 2.05) is 12.1 Å². The van der Waals surface area contributed by atoms with Gasteiger partial charge in [-0.05, 0) is 65.9 Å². The van der Waals surface area contributed by atoms with E-state index in [4.69, 9.17) is 21.1 Å². The number of benzene rings is 3. The SMILES string of the molecule is CC[C@H](NC(=O)c1ccccc1Cl)[C@@H]1c2cc(OC)c(OC)cc2CCN1Cc1ccc(F)cc1. The van der Waals surface area contributed by atoms with Crippen molar-refractivity contribution < 1.29 is 18.7 Å². The van der Waals surface area contributed by atoms with Gasteiger partial charge in [-0.2, -0.15) is 0 Å². The first kappa shape index (κ1) is 25.0. The van der Waals surface area contributed by atoms with Crippen molar-refractivity contribution in [3.05, 3.63) is 93.8 Å². The molecule has 0 aliphatic carbocycles. The van der Waals surface area contributed by atoms with Crippen LogP contribution in [0, 0.1) is 5.82 Å². The molecular formula is C28H30ClFN2O3. The molecule has 0 unspecified atom stereocenters. The smallest absolute Gasteiger partial charge is 0.253 e. The number of nitrogens with one attached hydrogen (secondary N) is 1. The van der Waals surface area contributed by atoms with E-state index in [9.17, 15) is 9.18 Å². The third-order valence-corrected chi connectivity index (χ3v) is 6.91. The fourth-order valence-electron chi connectivity index (χ4n) is 4.80. The Bertz CT molecular complexity index is 1190. The Hall–Kier alpha value is -3.09. The Morgan fingerprint density at radius 1 is 1.11 bits per heavy atom. The van der Waals surface area contributed by atoms with Crippen molar-refractivity contribution in [2.24, 2.45) is 0 Å². The molecule has 3 aromatic rings. The Balaban J connectivity index is 1.73. The van der Waals surface area contributed by atoms with Crippen molar-refractivity contribution in [2.75, 3.05) is 20.8 Å². The van der Waals surface area contributed by atoms with E-state index in [1.54, 1.807) is 50.6 Å². The van der Waals surface area contributed by atoms with Crippen molar-refractivity contribution >= 4 is 17.5 Å². The van der Waals surface area contributed by atoms with Gasteiger partial charge < -0.3 is 14.8 Å². The van der Waals surface area contributed by atoms with Gasteiger partial charge in [-0.3, -0.25) is 9.69 Å². The summed E-state index contributed by atoms with van der Waals surface area (Å²) in [4.78, 5) is 15.6. The first-order valence-corrected chi connectivity index (χ1v) is 12.1. The summed E-state index contributed by atoms with van der Waals surface area (Å²) in [6, 6.07) is 17.3. The summed E-state index contributed by atoms with van der Waals surface area (Å²) in [5, 5.41) is 3.64. The second kappa shape index (κ2) is 11.1. The maximum absolute atomic E-state index is 13.5. The van der Waals surface area contributed by atoms with E-state index in [1.165, 1.54) is 12.1 Å². The van der Waals surface area contributed by atoms with E-state index in [0.29, 0.717) is 35.1 Å². The van der Waals surface area contributed by atoms with Crippen LogP contribution in [0.3, 0.4) is 0 Å². The molecule has 5 nitrogen and oxygen atoms in total. The highest BCUT2D eigenvalue weighted by Gasteiger charge is 2.35. The lowest BCUT2D eigenvalue weighted by Crippen LogP contribution is -2.48. The van der Waals surface area contributed by atoms with Crippen LogP contribution in [-0.2, 0) is 13.0 Å². The number of hydrogen-bond acceptors (Lipinski definition) is 4. The lowest BCUT2D eigenvalue weighted by atomic mass is 9.86. The molecule has 4 rings (SSSR count). The van der Waals surface area contributed by atoms with E-state index in [2.05, 4.69) is 17.1 Å². The molecule has 1 aliphatic heterocycles. The molecule has 0 spiro atoms. The van der Waals surface area contributed by atoms with Crippen LogP contribution in [0.2, 0.25) is 5.02 Å². The van der Waals surface area contributed by atoms with Crippen LogP contribution in [0.15, 0.2) is 60.7 Å². The molecule has 1 heterocycles. The van der Waals surface area contributed by atoms with Gasteiger partial charge in [0.2, 0.25) is 0 Å². The van der Waals surface area contributed by atoms with Crippen LogP contribution in [0.4, 0.5) is 4.39 Å². The van der Waals surface area contributed by atoms with Gasteiger partial charge in [0.15, 0.2) is 11.5 Å². The zero-order chi connectivity index (χ0) is 24.9. The summed E-state index contributed by atoms with van der Waals surface area (Å²) in [5.41, 5.74) is 3.70. The summed E-state index contributed by atoms with van der Waals surface area (Å²) in [5.74, 6) is 0.860. The number of amides is 1. The number of rotatable bonds is 8. The Labute approximate surface area is 210 Å². The van der Waals surface area contributed by atoms with Crippen molar-refractivity contribution in [1.82, 2.24) is 10.2 Å². The van der Waals surface area contributed by atoms with Crippen molar-refractivity contribution in [3.8, 4) is 11.5 Å². The summed E-state index contributed by atoms with van der Waals surface area (Å²) in [6.07, 6.45) is 1.52. The van der Waals surface area contributed by atoms with E-state index in [-0.39, 0.29) is 23.8 Å². The minimum Gasteiger partial charge on any atom is -0.493 e. The topological polar surface area (TPSA) is 50.8 Å². The molecule has 2 atom stereocenters. The van der Waals surface area contributed by atoms with Crippen molar-refractivity contribution in [3.63, 3.8) is 0 Å². The zero-order valence-corrected chi connectivity index (χ0v) is 20.9. The maximum Gasteiger partial charge on any atom is 0.253 e. The van der Waals surface area contributed by atoms with Gasteiger partial charge in [-0.15, -0.1) is 0 Å². The molecule has 3 aromatic carbocycles. The van der Waals surface area contributed by atoms with Crippen LogP contribution in [0.1, 0.15) is 46.4 Å². The summed E-state index contributed by atoms with van der Waals surface area (Å²) < 4.78 is 24.7. The number of ether oxygens (including phenoxy) is 2. The van der Waals surface area contributed by atoms with Crippen LogP contribution < -0.4 is 14.8 Å². The second-order valence-electron chi connectivity index (χ2n) is 8.67. The van der Waals surface area contributed by atoms with Gasteiger partial charge in [-0.1, -0.05) is 42.8 Å². The molecule has 0 saturated carbocycles. The van der Waals surface area contributed by atoms with Crippen LogP contribution in [-0.4, -0.2) is 37.6 Å². The summed E-state index contributed by atoms with van der Waals surface area (Å²) in [6.45, 7) is 3.46. The molecule has 0 bridgehead atoms. The van der Waals surface area contributed by atoms with Gasteiger partial charge in [0.25, 0.3) is 5.91 Å². The fourth-order valence-corrected chi connectivity index (χ4v) is 5.02. The van der Waals surface area contributed by atoms with Gasteiger partial charge in [-0.25, -0.2) is 4.39 Å². The minimum absolute atomic E-state index is 0.125. The molecule has 1 N–H and O–H groups in total. The van der Waals surface area contributed by atoms with Gasteiger partial charge in [0.05, 0.1) is 30.8 Å². The standard InChI is InChI=1S/C28H30ClFN2O3/c1-4-24(31-28(33)21-7-5-6-8-23(21)29)27-22-16-26(35-3)25(34-2)15-19(22)13-14-32(27)17-18-9-11-20(30)12-10-18/h5-12,15-16,24,27H,4,13-14,17H2,1-3H3,(H,31,33)/t24-,27-/m0/s1. The second-order valence-corrected chi connectivity index (χ2v) is 9.07. The first-order valence-electron chi connectivity index (χ1n) is 11.7. The predicted octanol–water partition coefficient (Wildman–Crippen LogP) is 5.80. The average Bonchev–Trinajstić information content (AvgIpc) is 2.88. The first-order chi connectivity index (χ1) is 16.9. The van der Waals surface area contributed by atoms with Gasteiger partial charge >= 0.3 is 0 Å². The largest absolute Gasteiger partial charge is 0.493 e. The number of hydrogen-bond donors (Lipinski definition) is 1. The average molecular weight is 497 g/mol. The minimum atomic E-state index is -0.260. The summed E-state index contributed by atoms with van der Waals surface area (Å²) in [7, 11) is 3.25. The Kier molecular flexibility index (Phi) is 7.93. The van der Waals surface area contributed by atoms with E-state index < -0.39 is 0 Å². The molecular weight excluding hydrogens is 467 g/mol. The lowest BCUT2D eigenvalue weighted by molar-refractivity contribution is 0.0859. The lowest BCUT2D eigenvalue weighted by Gasteiger charge is -2.42. The third-order valence-electron chi connectivity index (χ3n) is 6.58. The van der Waals surface area contributed by atoms with E-state index >= 15 is 0 Å². The molecule has 1 aliphatic rings. The number of carbonyl (C=O) groups is 1. The molecule has 0 fully saturated rings. The quantitative estimate of drug-likeness (QED) is 0.428. The summed E-state index contributed by atoms with van der Waals surface area (Å²) >= 11 is 6.30. The number of nitrogens with zero attached hydrogens (tertiary/aromatic N) is 1. The number of fused-ring (bicyclic) bond motifs is 1. The molecule has 0 saturated heterocycles. The van der Waals surface area contributed by atoms with Crippen LogP contribution in [0.25, 0.3) is 0 Å². The van der Waals surface area contributed by atoms with Gasteiger partial charge in [0, 0.05) is 19.1 Å². The monoisotopic (exact) mass is 496 g/mol. The highest BCUT2D eigenvalue weighted by atomic mass is 35.5. The molecule has 35 heavy (non-hydrogen) atoms.